The van der Waals surface area contributed by atoms with E-state index in [9.17, 15) is 0 Å². The second-order valence-electron chi connectivity index (χ2n) is 10.6. The minimum absolute atomic E-state index is 0.865. The lowest BCUT2D eigenvalue weighted by Crippen LogP contribution is -2.14. The lowest BCUT2D eigenvalue weighted by Gasteiger charge is -2.14. The number of dihydropyridines is 1. The lowest BCUT2D eigenvalue weighted by atomic mass is 9.97. The molecule has 1 aromatic heterocycles. The van der Waals surface area contributed by atoms with Crippen molar-refractivity contribution in [2.24, 2.45) is 0 Å². The SMILES string of the molecule is C1=CCNC(c2cccc(-c3ccc4c(ccc5c6ccc(-c7ccccc7)cc6n(-c6ccccc6)c45)c3)c2)=C1. The van der Waals surface area contributed by atoms with Crippen LogP contribution in [0.4, 0.5) is 0 Å². The fraction of sp³-hybridized carbons (Fsp3) is 0.0256. The van der Waals surface area contributed by atoms with Gasteiger partial charge in [-0.05, 0) is 69.6 Å². The van der Waals surface area contributed by atoms with Crippen molar-refractivity contribution in [1.29, 1.82) is 0 Å². The molecule has 0 amide bonds. The molecule has 2 heterocycles. The first-order valence-electron chi connectivity index (χ1n) is 14.2. The minimum Gasteiger partial charge on any atom is -0.381 e. The van der Waals surface area contributed by atoms with Crippen LogP contribution in [-0.4, -0.2) is 11.1 Å². The van der Waals surface area contributed by atoms with Crippen molar-refractivity contribution in [3.63, 3.8) is 0 Å². The van der Waals surface area contributed by atoms with E-state index >= 15 is 0 Å². The number of hydrogen-bond donors (Lipinski definition) is 1. The molecule has 0 radical (unpaired) electrons. The third kappa shape index (κ3) is 4.04. The zero-order valence-electron chi connectivity index (χ0n) is 22.6. The summed E-state index contributed by atoms with van der Waals surface area (Å²) >= 11 is 0. The average Bonchev–Trinajstić information content (AvgIpc) is 3.40. The van der Waals surface area contributed by atoms with Crippen LogP contribution >= 0.6 is 0 Å². The molecule has 41 heavy (non-hydrogen) atoms. The van der Waals surface area contributed by atoms with Crippen molar-refractivity contribution in [2.45, 2.75) is 0 Å². The molecule has 0 saturated heterocycles. The molecule has 1 aliphatic rings. The monoisotopic (exact) mass is 524 g/mol. The molecule has 1 N–H and O–H groups in total. The summed E-state index contributed by atoms with van der Waals surface area (Å²) in [4.78, 5) is 0. The predicted molar refractivity (Wildman–Crippen MR) is 174 cm³/mol. The molecule has 0 atom stereocenters. The van der Waals surface area contributed by atoms with E-state index in [1.54, 1.807) is 0 Å². The van der Waals surface area contributed by atoms with Crippen LogP contribution in [0.3, 0.4) is 0 Å². The number of allylic oxidation sites excluding steroid dienone is 2. The average molecular weight is 525 g/mol. The van der Waals surface area contributed by atoms with Crippen LogP contribution < -0.4 is 5.32 Å². The maximum atomic E-state index is 3.48. The number of hydrogen-bond acceptors (Lipinski definition) is 1. The number of benzene rings is 6. The van der Waals surface area contributed by atoms with Gasteiger partial charge in [0, 0.05) is 34.1 Å². The quantitative estimate of drug-likeness (QED) is 0.242. The summed E-state index contributed by atoms with van der Waals surface area (Å²) in [6.45, 7) is 0.865. The Morgan fingerprint density at radius 2 is 1.20 bits per heavy atom. The van der Waals surface area contributed by atoms with Crippen LogP contribution in [-0.2, 0) is 0 Å². The van der Waals surface area contributed by atoms with Crippen LogP contribution in [0.15, 0.2) is 152 Å². The number of nitrogens with zero attached hydrogens (tertiary/aromatic N) is 1. The molecule has 0 bridgehead atoms. The summed E-state index contributed by atoms with van der Waals surface area (Å²) in [7, 11) is 0. The van der Waals surface area contributed by atoms with E-state index in [-0.39, 0.29) is 0 Å². The van der Waals surface area contributed by atoms with Crippen molar-refractivity contribution >= 4 is 38.3 Å². The Balaban J connectivity index is 1.34. The molecule has 0 unspecified atom stereocenters. The van der Waals surface area contributed by atoms with Gasteiger partial charge >= 0.3 is 0 Å². The van der Waals surface area contributed by atoms with E-state index in [4.69, 9.17) is 0 Å². The first-order chi connectivity index (χ1) is 20.3. The van der Waals surface area contributed by atoms with E-state index in [1.165, 1.54) is 71.8 Å². The molecule has 2 heteroatoms. The highest BCUT2D eigenvalue weighted by molar-refractivity contribution is 6.19. The maximum absolute atomic E-state index is 3.48. The molecular weight excluding hydrogens is 496 g/mol. The van der Waals surface area contributed by atoms with Gasteiger partial charge in [0.05, 0.1) is 11.0 Å². The van der Waals surface area contributed by atoms with Crippen molar-refractivity contribution < 1.29 is 0 Å². The third-order valence-corrected chi connectivity index (χ3v) is 8.18. The van der Waals surface area contributed by atoms with E-state index in [1.807, 2.05) is 0 Å². The van der Waals surface area contributed by atoms with Crippen LogP contribution in [0, 0.1) is 0 Å². The Morgan fingerprint density at radius 1 is 0.512 bits per heavy atom. The standard InChI is InChI=1S/C39H28N2/c1-3-10-27(11-4-1)30-18-21-35-36-22-19-31-24-29(28-12-9-13-32(25-28)37-16-7-8-23-40-37)17-20-34(31)39(36)41(38(35)26-30)33-14-5-2-6-15-33/h1-22,24-26,40H,23H2. The summed E-state index contributed by atoms with van der Waals surface area (Å²) < 4.78 is 2.44. The Kier molecular flexibility index (Phi) is 5.56. The predicted octanol–water partition coefficient (Wildman–Crippen LogP) is 9.77. The van der Waals surface area contributed by atoms with Gasteiger partial charge in [0.1, 0.15) is 0 Å². The first kappa shape index (κ1) is 23.5. The van der Waals surface area contributed by atoms with Gasteiger partial charge < -0.3 is 9.88 Å². The summed E-state index contributed by atoms with van der Waals surface area (Å²) in [5.74, 6) is 0. The minimum atomic E-state index is 0.865. The first-order valence-corrected chi connectivity index (χ1v) is 14.2. The van der Waals surface area contributed by atoms with Gasteiger partial charge in [0.25, 0.3) is 0 Å². The number of rotatable bonds is 4. The van der Waals surface area contributed by atoms with Gasteiger partial charge in [-0.1, -0.05) is 115 Å². The highest BCUT2D eigenvalue weighted by Gasteiger charge is 2.16. The van der Waals surface area contributed by atoms with Crippen LogP contribution in [0.1, 0.15) is 5.56 Å². The van der Waals surface area contributed by atoms with Gasteiger partial charge in [-0.2, -0.15) is 0 Å². The van der Waals surface area contributed by atoms with Crippen LogP contribution in [0.25, 0.3) is 66.2 Å². The number of para-hydroxylation sites is 1. The van der Waals surface area contributed by atoms with Crippen molar-refractivity contribution in [3.8, 4) is 27.9 Å². The zero-order chi connectivity index (χ0) is 27.2. The Labute approximate surface area is 239 Å². The molecule has 6 aromatic carbocycles. The summed E-state index contributed by atoms with van der Waals surface area (Å²) in [5.41, 5.74) is 10.9. The van der Waals surface area contributed by atoms with Gasteiger partial charge in [0.15, 0.2) is 0 Å². The van der Waals surface area contributed by atoms with E-state index in [0.717, 1.165) is 6.54 Å². The summed E-state index contributed by atoms with van der Waals surface area (Å²) in [6.07, 6.45) is 6.40. The van der Waals surface area contributed by atoms with Gasteiger partial charge in [-0.3, -0.25) is 0 Å². The highest BCUT2D eigenvalue weighted by Crippen LogP contribution is 2.39. The summed E-state index contributed by atoms with van der Waals surface area (Å²) in [6, 6.07) is 48.5. The fourth-order valence-electron chi connectivity index (χ4n) is 6.20. The largest absolute Gasteiger partial charge is 0.381 e. The van der Waals surface area contributed by atoms with Crippen molar-refractivity contribution in [2.75, 3.05) is 6.54 Å². The molecule has 0 fully saturated rings. The van der Waals surface area contributed by atoms with Gasteiger partial charge in [-0.25, -0.2) is 0 Å². The maximum Gasteiger partial charge on any atom is 0.0619 e. The molecule has 194 valence electrons. The molecule has 8 rings (SSSR count). The van der Waals surface area contributed by atoms with Gasteiger partial charge in [0.2, 0.25) is 0 Å². The van der Waals surface area contributed by atoms with Crippen LogP contribution in [0.5, 0.6) is 0 Å². The topological polar surface area (TPSA) is 17.0 Å². The molecule has 2 nitrogen and oxygen atoms in total. The normalized spacial score (nSPS) is 13.0. The molecule has 0 saturated carbocycles. The van der Waals surface area contributed by atoms with Crippen molar-refractivity contribution in [1.82, 2.24) is 9.88 Å². The second kappa shape index (κ2) is 9.69. The third-order valence-electron chi connectivity index (χ3n) is 8.18. The van der Waals surface area contributed by atoms with E-state index < -0.39 is 0 Å². The number of aromatic nitrogens is 1. The number of nitrogens with one attached hydrogen (secondary N) is 1. The molecule has 7 aromatic rings. The Morgan fingerprint density at radius 3 is 2.00 bits per heavy atom. The second-order valence-corrected chi connectivity index (χ2v) is 10.6. The van der Waals surface area contributed by atoms with Gasteiger partial charge in [-0.15, -0.1) is 0 Å². The molecule has 0 spiro atoms. The fourth-order valence-corrected chi connectivity index (χ4v) is 6.20. The summed E-state index contributed by atoms with van der Waals surface area (Å²) in [5, 5.41) is 8.52. The van der Waals surface area contributed by atoms with Crippen LogP contribution in [0.2, 0.25) is 0 Å². The van der Waals surface area contributed by atoms with E-state index in [0.29, 0.717) is 0 Å². The zero-order valence-corrected chi connectivity index (χ0v) is 22.6. The molecule has 1 aliphatic heterocycles. The highest BCUT2D eigenvalue weighted by atomic mass is 15.0. The Hall–Kier alpha value is -5.34. The number of fused-ring (bicyclic) bond motifs is 5. The lowest BCUT2D eigenvalue weighted by molar-refractivity contribution is 0.996. The molecular formula is C39H28N2. The smallest absolute Gasteiger partial charge is 0.0619 e. The molecule has 0 aliphatic carbocycles. The van der Waals surface area contributed by atoms with E-state index in [2.05, 4.69) is 162 Å². The Bertz CT molecular complexity index is 2130. The van der Waals surface area contributed by atoms with Crippen molar-refractivity contribution in [3.05, 3.63) is 157 Å².